The molecule has 15 heavy (non-hydrogen) atoms. The minimum Gasteiger partial charge on any atom is -0.293 e. The maximum Gasteiger partial charge on any atom is 0.180 e. The van der Waals surface area contributed by atoms with Crippen molar-refractivity contribution in [1.29, 1.82) is 0 Å². The summed E-state index contributed by atoms with van der Waals surface area (Å²) in [6, 6.07) is 7.23. The largest absolute Gasteiger partial charge is 0.293 e. The summed E-state index contributed by atoms with van der Waals surface area (Å²) in [7, 11) is 0. The molecule has 0 radical (unpaired) electrons. The summed E-state index contributed by atoms with van der Waals surface area (Å²) < 4.78 is 3.65. The van der Waals surface area contributed by atoms with Crippen molar-refractivity contribution in [2.24, 2.45) is 0 Å². The van der Waals surface area contributed by atoms with Gasteiger partial charge in [-0.3, -0.25) is 4.79 Å². The van der Waals surface area contributed by atoms with Crippen molar-refractivity contribution in [2.45, 2.75) is 6.42 Å². The first kappa shape index (κ1) is 10.3. The van der Waals surface area contributed by atoms with Gasteiger partial charge in [-0.15, -0.1) is 5.10 Å². The molecule has 0 aliphatic heterocycles. The van der Waals surface area contributed by atoms with E-state index in [2.05, 4.69) is 9.59 Å². The Morgan fingerprint density at radius 1 is 1.33 bits per heavy atom. The van der Waals surface area contributed by atoms with Crippen LogP contribution in [-0.4, -0.2) is 15.4 Å². The zero-order valence-corrected chi connectivity index (χ0v) is 9.26. The van der Waals surface area contributed by atoms with Gasteiger partial charge in [-0.1, -0.05) is 28.2 Å². The first-order valence-corrected chi connectivity index (χ1v) is 5.46. The summed E-state index contributed by atoms with van der Waals surface area (Å²) in [5.74, 6) is 0.0346. The highest BCUT2D eigenvalue weighted by Gasteiger charge is 2.09. The van der Waals surface area contributed by atoms with Crippen LogP contribution >= 0.6 is 23.1 Å². The Hall–Kier alpha value is -1.26. The lowest BCUT2D eigenvalue weighted by Gasteiger charge is -1.98. The number of carbonyl (C=O) groups excluding carboxylic acids is 1. The molecule has 1 heterocycles. The number of rotatable bonds is 3. The number of nitrogens with zero attached hydrogens (tertiary/aromatic N) is 2. The third-order valence-electron chi connectivity index (χ3n) is 1.91. The van der Waals surface area contributed by atoms with E-state index >= 15 is 0 Å². The van der Waals surface area contributed by atoms with Crippen molar-refractivity contribution in [3.8, 4) is 0 Å². The molecule has 0 saturated carbocycles. The van der Waals surface area contributed by atoms with Gasteiger partial charge in [0.25, 0.3) is 0 Å². The summed E-state index contributed by atoms with van der Waals surface area (Å²) in [4.78, 5) is 12.2. The minimum absolute atomic E-state index is 0.0346. The van der Waals surface area contributed by atoms with Gasteiger partial charge in [-0.05, 0) is 29.2 Å². The fourth-order valence-electron chi connectivity index (χ4n) is 1.16. The Kier molecular flexibility index (Phi) is 3.08. The van der Waals surface area contributed by atoms with Gasteiger partial charge in [0.1, 0.15) is 4.88 Å². The van der Waals surface area contributed by atoms with E-state index in [4.69, 9.17) is 11.6 Å². The Morgan fingerprint density at radius 2 is 2.07 bits per heavy atom. The standard InChI is InChI=1S/C10H7ClN2OS/c11-8-3-1-7(2-4-8)5-9(14)10-6-12-13-15-10/h1-4,6H,5H2. The number of carbonyl (C=O) groups is 1. The normalized spacial score (nSPS) is 10.2. The molecule has 0 aliphatic carbocycles. The van der Waals surface area contributed by atoms with Crippen LogP contribution in [0.1, 0.15) is 15.2 Å². The zero-order chi connectivity index (χ0) is 10.7. The predicted octanol–water partition coefficient (Wildman–Crippen LogP) is 2.62. The maximum absolute atomic E-state index is 11.7. The lowest BCUT2D eigenvalue weighted by molar-refractivity contribution is 0.0996. The Balaban J connectivity index is 2.09. The van der Waals surface area contributed by atoms with E-state index in [0.29, 0.717) is 16.3 Å². The van der Waals surface area contributed by atoms with Crippen molar-refractivity contribution < 1.29 is 4.79 Å². The number of benzene rings is 1. The quantitative estimate of drug-likeness (QED) is 0.772. The first-order valence-electron chi connectivity index (χ1n) is 4.31. The molecule has 0 atom stereocenters. The molecular weight excluding hydrogens is 232 g/mol. The highest BCUT2D eigenvalue weighted by atomic mass is 35.5. The van der Waals surface area contributed by atoms with Crippen molar-refractivity contribution in [3.63, 3.8) is 0 Å². The van der Waals surface area contributed by atoms with E-state index < -0.39 is 0 Å². The van der Waals surface area contributed by atoms with Crippen LogP contribution < -0.4 is 0 Å². The molecule has 2 rings (SSSR count). The van der Waals surface area contributed by atoms with Crippen molar-refractivity contribution in [1.82, 2.24) is 9.59 Å². The fraction of sp³-hybridized carbons (Fsp3) is 0.100. The van der Waals surface area contributed by atoms with E-state index in [9.17, 15) is 4.79 Å². The van der Waals surface area contributed by atoms with Gasteiger partial charge in [-0.2, -0.15) is 0 Å². The summed E-state index contributed by atoms with van der Waals surface area (Å²) in [6.45, 7) is 0. The first-order chi connectivity index (χ1) is 7.25. The van der Waals surface area contributed by atoms with E-state index in [1.165, 1.54) is 6.20 Å². The van der Waals surface area contributed by atoms with Crippen LogP contribution in [0, 0.1) is 0 Å². The second-order valence-electron chi connectivity index (χ2n) is 3.01. The Bertz CT molecular complexity index is 453. The second kappa shape index (κ2) is 4.51. The fourth-order valence-corrected chi connectivity index (χ4v) is 1.74. The van der Waals surface area contributed by atoms with Crippen LogP contribution in [0.3, 0.4) is 0 Å². The number of hydrogen-bond donors (Lipinski definition) is 0. The van der Waals surface area contributed by atoms with Gasteiger partial charge in [0.15, 0.2) is 5.78 Å². The van der Waals surface area contributed by atoms with E-state index in [1.54, 1.807) is 12.1 Å². The van der Waals surface area contributed by atoms with Crippen LogP contribution in [0.5, 0.6) is 0 Å². The third kappa shape index (κ3) is 2.61. The Morgan fingerprint density at radius 3 is 2.67 bits per heavy atom. The number of hydrogen-bond acceptors (Lipinski definition) is 4. The summed E-state index contributed by atoms with van der Waals surface area (Å²) in [5, 5.41) is 4.30. The molecule has 0 amide bonds. The highest BCUT2D eigenvalue weighted by molar-refractivity contribution is 7.07. The third-order valence-corrected chi connectivity index (χ3v) is 2.87. The number of ketones is 1. The van der Waals surface area contributed by atoms with Gasteiger partial charge in [0.05, 0.1) is 6.20 Å². The van der Waals surface area contributed by atoms with Crippen LogP contribution in [0.15, 0.2) is 30.5 Å². The molecule has 0 N–H and O–H groups in total. The molecular formula is C10H7ClN2OS. The molecule has 0 saturated heterocycles. The summed E-state index contributed by atoms with van der Waals surface area (Å²) in [6.07, 6.45) is 1.85. The predicted molar refractivity (Wildman–Crippen MR) is 59.4 cm³/mol. The van der Waals surface area contributed by atoms with Crippen LogP contribution in [0.2, 0.25) is 5.02 Å². The summed E-state index contributed by atoms with van der Waals surface area (Å²) >= 11 is 6.86. The smallest absolute Gasteiger partial charge is 0.180 e. The Labute approximate surface area is 95.9 Å². The molecule has 2 aromatic rings. The van der Waals surface area contributed by atoms with Gasteiger partial charge in [0.2, 0.25) is 0 Å². The molecule has 1 aromatic carbocycles. The molecule has 0 spiro atoms. The van der Waals surface area contributed by atoms with Crippen LogP contribution in [0.25, 0.3) is 0 Å². The van der Waals surface area contributed by atoms with E-state index in [-0.39, 0.29) is 5.78 Å². The van der Waals surface area contributed by atoms with Crippen molar-refractivity contribution in [3.05, 3.63) is 45.9 Å². The molecule has 76 valence electrons. The minimum atomic E-state index is 0.0346. The van der Waals surface area contributed by atoms with E-state index in [0.717, 1.165) is 17.1 Å². The SMILES string of the molecule is O=C(Cc1ccc(Cl)cc1)c1cnns1. The number of halogens is 1. The zero-order valence-electron chi connectivity index (χ0n) is 7.68. The monoisotopic (exact) mass is 238 g/mol. The van der Waals surface area contributed by atoms with Crippen molar-refractivity contribution >= 4 is 28.9 Å². The molecule has 0 unspecified atom stereocenters. The molecule has 3 nitrogen and oxygen atoms in total. The van der Waals surface area contributed by atoms with Gasteiger partial charge in [-0.25, -0.2) is 0 Å². The van der Waals surface area contributed by atoms with Crippen LogP contribution in [-0.2, 0) is 6.42 Å². The average molecular weight is 239 g/mol. The molecule has 5 heteroatoms. The van der Waals surface area contributed by atoms with Gasteiger partial charge in [0, 0.05) is 11.4 Å². The second-order valence-corrected chi connectivity index (χ2v) is 4.23. The summed E-state index contributed by atoms with van der Waals surface area (Å²) in [5.41, 5.74) is 0.942. The highest BCUT2D eigenvalue weighted by Crippen LogP contribution is 2.13. The topological polar surface area (TPSA) is 42.9 Å². The average Bonchev–Trinajstić information content (AvgIpc) is 2.74. The lowest BCUT2D eigenvalue weighted by atomic mass is 10.1. The number of aromatic nitrogens is 2. The molecule has 0 fully saturated rings. The van der Waals surface area contributed by atoms with Crippen LogP contribution in [0.4, 0.5) is 0 Å². The maximum atomic E-state index is 11.7. The molecule has 0 bridgehead atoms. The van der Waals surface area contributed by atoms with Crippen molar-refractivity contribution in [2.75, 3.05) is 0 Å². The van der Waals surface area contributed by atoms with E-state index in [1.807, 2.05) is 12.1 Å². The molecule has 0 aliphatic rings. The molecule has 1 aromatic heterocycles. The number of Topliss-reactive ketones (excluding diaryl/α,β-unsaturated/α-hetero) is 1. The lowest BCUT2D eigenvalue weighted by Crippen LogP contribution is -2.00. The van der Waals surface area contributed by atoms with Gasteiger partial charge < -0.3 is 0 Å². The van der Waals surface area contributed by atoms with Gasteiger partial charge >= 0.3 is 0 Å².